The molecule has 0 aliphatic heterocycles. The van der Waals surface area contributed by atoms with Crippen molar-refractivity contribution in [3.63, 3.8) is 0 Å². The van der Waals surface area contributed by atoms with Gasteiger partial charge in [0.25, 0.3) is 0 Å². The maximum Gasteiger partial charge on any atom is 0.353 e. The molecule has 2 rings (SSSR count). The van der Waals surface area contributed by atoms with Crippen molar-refractivity contribution < 1.29 is 19.4 Å². The minimum atomic E-state index is -1.14. The van der Waals surface area contributed by atoms with Gasteiger partial charge in [-0.3, -0.25) is 4.79 Å². The van der Waals surface area contributed by atoms with Gasteiger partial charge in [0.2, 0.25) is 0 Å². The van der Waals surface area contributed by atoms with E-state index in [1.807, 2.05) is 0 Å². The van der Waals surface area contributed by atoms with E-state index in [2.05, 4.69) is 0 Å². The number of para-hydroxylation sites is 1. The van der Waals surface area contributed by atoms with Crippen molar-refractivity contribution in [3.8, 4) is 0 Å². The van der Waals surface area contributed by atoms with Crippen LogP contribution in [0.25, 0.3) is 10.9 Å². The van der Waals surface area contributed by atoms with Crippen LogP contribution in [0.15, 0.2) is 24.3 Å². The van der Waals surface area contributed by atoms with Crippen LogP contribution in [-0.4, -0.2) is 29.0 Å². The second-order valence-electron chi connectivity index (χ2n) is 3.55. The number of aromatic nitrogens is 1. The monoisotopic (exact) mass is 233 g/mol. The molecule has 0 spiro atoms. The summed E-state index contributed by atoms with van der Waals surface area (Å²) in [7, 11) is 1.47. The third-order valence-electron chi connectivity index (χ3n) is 2.59. The number of aromatic carboxylic acids is 1. The molecule has 0 atom stereocenters. The Labute approximate surface area is 97.2 Å². The highest BCUT2D eigenvalue weighted by Crippen LogP contribution is 2.25. The van der Waals surface area contributed by atoms with Crippen LogP contribution in [-0.2, 0) is 11.5 Å². The molecule has 88 valence electrons. The Morgan fingerprint density at radius 1 is 1.47 bits per heavy atom. The highest BCUT2D eigenvalue weighted by atomic mass is 16.5. The fraction of sp³-hybridized carbons (Fsp3) is 0.167. The topological polar surface area (TPSA) is 68.5 Å². The van der Waals surface area contributed by atoms with Crippen molar-refractivity contribution in [2.45, 2.75) is 6.73 Å². The van der Waals surface area contributed by atoms with Crippen molar-refractivity contribution in [1.29, 1.82) is 0 Å². The van der Waals surface area contributed by atoms with Gasteiger partial charge < -0.3 is 14.4 Å². The van der Waals surface area contributed by atoms with E-state index >= 15 is 0 Å². The lowest BCUT2D eigenvalue weighted by molar-refractivity contribution is 0.0660. The molecule has 0 unspecified atom stereocenters. The molecule has 2 aromatic rings. The van der Waals surface area contributed by atoms with Gasteiger partial charge in [0, 0.05) is 12.5 Å². The molecule has 0 fully saturated rings. The van der Waals surface area contributed by atoms with Gasteiger partial charge in [-0.15, -0.1) is 0 Å². The van der Waals surface area contributed by atoms with Gasteiger partial charge in [-0.25, -0.2) is 4.79 Å². The van der Waals surface area contributed by atoms with Crippen LogP contribution >= 0.6 is 0 Å². The zero-order valence-corrected chi connectivity index (χ0v) is 9.21. The van der Waals surface area contributed by atoms with E-state index in [1.165, 1.54) is 11.7 Å². The number of ether oxygens (including phenoxy) is 1. The fourth-order valence-corrected chi connectivity index (χ4v) is 1.94. The van der Waals surface area contributed by atoms with Crippen molar-refractivity contribution in [2.24, 2.45) is 0 Å². The molecule has 0 saturated carbocycles. The van der Waals surface area contributed by atoms with Crippen LogP contribution in [0, 0.1) is 0 Å². The maximum absolute atomic E-state index is 11.2. The summed E-state index contributed by atoms with van der Waals surface area (Å²) in [5, 5.41) is 9.79. The molecule has 0 saturated heterocycles. The zero-order chi connectivity index (χ0) is 12.4. The molecule has 1 heterocycles. The minimum absolute atomic E-state index is 0.0388. The van der Waals surface area contributed by atoms with Crippen molar-refractivity contribution in [3.05, 3.63) is 35.5 Å². The van der Waals surface area contributed by atoms with Crippen LogP contribution < -0.4 is 0 Å². The van der Waals surface area contributed by atoms with E-state index < -0.39 is 5.97 Å². The van der Waals surface area contributed by atoms with E-state index in [-0.39, 0.29) is 18.0 Å². The first-order chi connectivity index (χ1) is 8.20. The second kappa shape index (κ2) is 4.39. The normalized spacial score (nSPS) is 10.6. The maximum atomic E-state index is 11.2. The number of rotatable bonds is 4. The Bertz CT molecular complexity index is 585. The van der Waals surface area contributed by atoms with Crippen LogP contribution in [0.3, 0.4) is 0 Å². The van der Waals surface area contributed by atoms with E-state index in [0.29, 0.717) is 17.2 Å². The van der Waals surface area contributed by atoms with Gasteiger partial charge in [0.1, 0.15) is 12.4 Å². The van der Waals surface area contributed by atoms with Crippen molar-refractivity contribution >= 4 is 23.2 Å². The second-order valence-corrected chi connectivity index (χ2v) is 3.55. The first-order valence-corrected chi connectivity index (χ1v) is 4.99. The minimum Gasteiger partial charge on any atom is -0.477 e. The van der Waals surface area contributed by atoms with E-state index in [4.69, 9.17) is 9.84 Å². The van der Waals surface area contributed by atoms with E-state index in [9.17, 15) is 9.59 Å². The number of hydrogen-bond acceptors (Lipinski definition) is 3. The molecule has 0 aliphatic carbocycles. The molecule has 5 heteroatoms. The van der Waals surface area contributed by atoms with Gasteiger partial charge in [0.05, 0.1) is 11.1 Å². The van der Waals surface area contributed by atoms with Crippen LogP contribution in [0.2, 0.25) is 0 Å². The number of carboxylic acid groups (broad SMARTS) is 1. The average molecular weight is 233 g/mol. The SMILES string of the molecule is COCn1c(C(=O)O)c(C=O)c2ccccc21. The lowest BCUT2D eigenvalue weighted by Crippen LogP contribution is -2.11. The summed E-state index contributed by atoms with van der Waals surface area (Å²) < 4.78 is 6.44. The first-order valence-electron chi connectivity index (χ1n) is 4.99. The average Bonchev–Trinajstić information content (AvgIpc) is 2.64. The molecule has 17 heavy (non-hydrogen) atoms. The summed E-state index contributed by atoms with van der Waals surface area (Å²) in [5.74, 6) is -1.14. The number of benzene rings is 1. The summed E-state index contributed by atoms with van der Waals surface area (Å²) in [5.41, 5.74) is 0.821. The van der Waals surface area contributed by atoms with E-state index in [0.717, 1.165) is 0 Å². The van der Waals surface area contributed by atoms with E-state index in [1.54, 1.807) is 24.3 Å². The summed E-state index contributed by atoms with van der Waals surface area (Å²) in [4.78, 5) is 22.3. The van der Waals surface area contributed by atoms with Crippen LogP contribution in [0.1, 0.15) is 20.8 Å². The third-order valence-corrected chi connectivity index (χ3v) is 2.59. The Hall–Kier alpha value is -2.14. The van der Waals surface area contributed by atoms with Crippen LogP contribution in [0.4, 0.5) is 0 Å². The number of carbonyl (C=O) groups is 2. The highest BCUT2D eigenvalue weighted by Gasteiger charge is 2.21. The molecule has 0 amide bonds. The summed E-state index contributed by atoms with van der Waals surface area (Å²) >= 11 is 0. The first kappa shape index (κ1) is 11.3. The largest absolute Gasteiger partial charge is 0.477 e. The van der Waals surface area contributed by atoms with Crippen LogP contribution in [0.5, 0.6) is 0 Å². The highest BCUT2D eigenvalue weighted by molar-refractivity contribution is 6.08. The molecule has 1 aromatic heterocycles. The molecule has 5 nitrogen and oxygen atoms in total. The predicted octanol–water partition coefficient (Wildman–Crippen LogP) is 1.76. The summed E-state index contributed by atoms with van der Waals surface area (Å²) in [6.45, 7) is 0.0932. The third kappa shape index (κ3) is 1.70. The lowest BCUT2D eigenvalue weighted by Gasteiger charge is -2.06. The smallest absolute Gasteiger partial charge is 0.353 e. The molecule has 0 bridgehead atoms. The number of nitrogens with zero attached hydrogens (tertiary/aromatic N) is 1. The summed E-state index contributed by atoms with van der Waals surface area (Å²) in [6.07, 6.45) is 0.567. The predicted molar refractivity (Wildman–Crippen MR) is 61.3 cm³/mol. The Morgan fingerprint density at radius 3 is 2.76 bits per heavy atom. The Balaban J connectivity index is 2.86. The van der Waals surface area contributed by atoms with Crippen molar-refractivity contribution in [1.82, 2.24) is 4.57 Å². The fourth-order valence-electron chi connectivity index (χ4n) is 1.94. The van der Waals surface area contributed by atoms with Gasteiger partial charge in [-0.05, 0) is 6.07 Å². The number of methoxy groups -OCH3 is 1. The Morgan fingerprint density at radius 2 is 2.18 bits per heavy atom. The standard InChI is InChI=1S/C12H11NO4/c1-17-7-13-10-5-3-2-4-8(10)9(6-14)11(13)12(15)16/h2-6H,7H2,1H3,(H,15,16). The number of aldehydes is 1. The molecular weight excluding hydrogens is 222 g/mol. The lowest BCUT2D eigenvalue weighted by atomic mass is 10.1. The Kier molecular flexibility index (Phi) is 2.93. The number of fused-ring (bicyclic) bond motifs is 1. The number of carbonyl (C=O) groups excluding carboxylic acids is 1. The molecule has 0 aliphatic rings. The molecule has 1 N–H and O–H groups in total. The summed E-state index contributed by atoms with van der Waals surface area (Å²) in [6, 6.07) is 7.03. The van der Waals surface area contributed by atoms with Gasteiger partial charge in [-0.2, -0.15) is 0 Å². The molecule has 0 radical (unpaired) electrons. The number of carboxylic acids is 1. The number of hydrogen-bond donors (Lipinski definition) is 1. The van der Waals surface area contributed by atoms with Crippen molar-refractivity contribution in [2.75, 3.05) is 7.11 Å². The van der Waals surface area contributed by atoms with Gasteiger partial charge in [0.15, 0.2) is 6.29 Å². The molecular formula is C12H11NO4. The van der Waals surface area contributed by atoms with Gasteiger partial charge in [-0.1, -0.05) is 18.2 Å². The zero-order valence-electron chi connectivity index (χ0n) is 9.21. The quantitative estimate of drug-likeness (QED) is 0.817. The van der Waals surface area contributed by atoms with Gasteiger partial charge >= 0.3 is 5.97 Å². The molecule has 1 aromatic carbocycles.